The second kappa shape index (κ2) is 8.11. The number of alkyl halides is 3. The normalized spacial score (nSPS) is 12.3. The largest absolute Gasteiger partial charge is 0.416 e. The fourth-order valence-electron chi connectivity index (χ4n) is 3.86. The first-order valence-electron chi connectivity index (χ1n) is 10.2. The van der Waals surface area contributed by atoms with Gasteiger partial charge in [-0.2, -0.15) is 13.2 Å². The molecule has 0 aromatic heterocycles. The molecule has 2 aliphatic heterocycles. The van der Waals surface area contributed by atoms with Crippen molar-refractivity contribution in [1.82, 2.24) is 14.5 Å². The molecule has 2 heterocycles. The number of pyridine rings is 1. The number of aromatic nitrogens is 2. The van der Waals surface area contributed by atoms with Crippen LogP contribution in [-0.4, -0.2) is 34.1 Å². The molecule has 0 saturated carbocycles. The van der Waals surface area contributed by atoms with Crippen LogP contribution in [0.5, 0.6) is 0 Å². The standard InChI is InChI=1S/C24H24F3N3/c1-3-29(4-2)13-14-30-16-18-15-21(17-9-11-19(12-10-17)24(25,26)27)28-23(18)20-7-5-6-8-22(20)30/h5-12,15-16H,3-4,13-14H2,1-2H3. The van der Waals surface area contributed by atoms with Gasteiger partial charge < -0.3 is 9.47 Å². The first-order valence-corrected chi connectivity index (χ1v) is 10.2. The van der Waals surface area contributed by atoms with E-state index in [-0.39, 0.29) is 0 Å². The Balaban J connectivity index is 1.75. The fraction of sp³-hybridized carbons (Fsp3) is 0.292. The van der Waals surface area contributed by atoms with Crippen LogP contribution in [-0.2, 0) is 12.7 Å². The third-order valence-corrected chi connectivity index (χ3v) is 5.62. The molecule has 0 unspecified atom stereocenters. The third-order valence-electron chi connectivity index (χ3n) is 5.62. The second-order valence-electron chi connectivity index (χ2n) is 7.39. The molecule has 4 rings (SSSR count). The number of nitrogens with zero attached hydrogens (tertiary/aromatic N) is 3. The number of fused-ring (bicyclic) bond motifs is 3. The zero-order valence-corrected chi connectivity index (χ0v) is 17.1. The molecule has 0 bridgehead atoms. The highest BCUT2D eigenvalue weighted by atomic mass is 19.4. The van der Waals surface area contributed by atoms with Crippen molar-refractivity contribution in [3.8, 4) is 22.5 Å². The molecule has 0 radical (unpaired) electrons. The molecule has 156 valence electrons. The van der Waals surface area contributed by atoms with Crippen LogP contribution in [0.25, 0.3) is 33.4 Å². The van der Waals surface area contributed by atoms with E-state index in [1.807, 2.05) is 18.2 Å². The summed E-state index contributed by atoms with van der Waals surface area (Å²) in [4.78, 5) is 7.14. The topological polar surface area (TPSA) is 21.1 Å². The minimum absolute atomic E-state index is 0.651. The van der Waals surface area contributed by atoms with Crippen LogP contribution in [0.15, 0.2) is 60.8 Å². The van der Waals surface area contributed by atoms with Gasteiger partial charge in [-0.05, 0) is 37.4 Å². The maximum atomic E-state index is 12.9. The molecular weight excluding hydrogens is 387 g/mol. The van der Waals surface area contributed by atoms with Crippen molar-refractivity contribution in [3.05, 3.63) is 66.4 Å². The van der Waals surface area contributed by atoms with Crippen molar-refractivity contribution < 1.29 is 13.2 Å². The maximum Gasteiger partial charge on any atom is 0.416 e. The number of hydrogen-bond donors (Lipinski definition) is 0. The lowest BCUT2D eigenvalue weighted by Gasteiger charge is -2.21. The summed E-state index contributed by atoms with van der Waals surface area (Å²) in [5, 5.41) is 1.05. The number of rotatable bonds is 6. The van der Waals surface area contributed by atoms with Gasteiger partial charge in [-0.25, -0.2) is 4.98 Å². The van der Waals surface area contributed by atoms with Crippen LogP contribution in [0.2, 0.25) is 0 Å². The first kappa shape index (κ1) is 20.4. The molecule has 2 aliphatic rings. The van der Waals surface area contributed by atoms with E-state index in [1.54, 1.807) is 0 Å². The molecule has 30 heavy (non-hydrogen) atoms. The molecule has 6 heteroatoms. The van der Waals surface area contributed by atoms with Gasteiger partial charge in [0.15, 0.2) is 0 Å². The summed E-state index contributed by atoms with van der Waals surface area (Å²) < 4.78 is 40.8. The fourth-order valence-corrected chi connectivity index (χ4v) is 3.86. The van der Waals surface area contributed by atoms with E-state index >= 15 is 0 Å². The van der Waals surface area contributed by atoms with Crippen molar-refractivity contribution in [3.63, 3.8) is 0 Å². The third kappa shape index (κ3) is 3.92. The van der Waals surface area contributed by atoms with E-state index in [9.17, 15) is 13.2 Å². The number of halogens is 3. The lowest BCUT2D eigenvalue weighted by Crippen LogP contribution is -2.27. The molecule has 0 N–H and O–H groups in total. The summed E-state index contributed by atoms with van der Waals surface area (Å²) in [5.74, 6) is 0. The summed E-state index contributed by atoms with van der Waals surface area (Å²) >= 11 is 0. The van der Waals surface area contributed by atoms with Gasteiger partial charge in [0.05, 0.1) is 22.5 Å². The Bertz CT molecular complexity index is 1110. The Labute approximate surface area is 174 Å². The summed E-state index contributed by atoms with van der Waals surface area (Å²) in [6.07, 6.45) is -2.24. The highest BCUT2D eigenvalue weighted by Gasteiger charge is 2.30. The molecular formula is C24H24F3N3. The Morgan fingerprint density at radius 3 is 2.30 bits per heavy atom. The van der Waals surface area contributed by atoms with Crippen molar-refractivity contribution in [1.29, 1.82) is 0 Å². The SMILES string of the molecule is CCN(CC)CCn1cc2cc(-c3ccc(C(F)(F)F)cc3)nc-2c2ccccc21. The molecule has 0 spiro atoms. The molecule has 0 fully saturated rings. The highest BCUT2D eigenvalue weighted by Crippen LogP contribution is 2.36. The van der Waals surface area contributed by atoms with Crippen molar-refractivity contribution in [2.75, 3.05) is 19.6 Å². The predicted octanol–water partition coefficient (Wildman–Crippen LogP) is 6.17. The van der Waals surface area contributed by atoms with E-state index in [0.29, 0.717) is 11.3 Å². The predicted molar refractivity (Wildman–Crippen MR) is 115 cm³/mol. The van der Waals surface area contributed by atoms with Crippen molar-refractivity contribution >= 4 is 10.9 Å². The lowest BCUT2D eigenvalue weighted by molar-refractivity contribution is -0.137. The Morgan fingerprint density at radius 1 is 0.933 bits per heavy atom. The van der Waals surface area contributed by atoms with Gasteiger partial charge in [0.25, 0.3) is 0 Å². The molecule has 0 amide bonds. The van der Waals surface area contributed by atoms with Crippen LogP contribution < -0.4 is 0 Å². The van der Waals surface area contributed by atoms with Gasteiger partial charge in [0.2, 0.25) is 0 Å². The highest BCUT2D eigenvalue weighted by molar-refractivity contribution is 5.95. The molecule has 0 aliphatic carbocycles. The monoisotopic (exact) mass is 411 g/mol. The van der Waals surface area contributed by atoms with E-state index in [4.69, 9.17) is 4.98 Å². The quantitative estimate of drug-likeness (QED) is 0.378. The zero-order chi connectivity index (χ0) is 21.3. The summed E-state index contributed by atoms with van der Waals surface area (Å²) in [5.41, 5.74) is 3.68. The van der Waals surface area contributed by atoms with Gasteiger partial charge >= 0.3 is 6.18 Å². The second-order valence-corrected chi connectivity index (χ2v) is 7.39. The average molecular weight is 411 g/mol. The van der Waals surface area contributed by atoms with Gasteiger partial charge in [-0.3, -0.25) is 0 Å². The van der Waals surface area contributed by atoms with Crippen LogP contribution in [0.3, 0.4) is 0 Å². The number of likely N-dealkylation sites (N-methyl/N-ethyl adjacent to an activating group) is 1. The molecule has 2 aromatic carbocycles. The molecule has 2 aromatic rings. The van der Waals surface area contributed by atoms with E-state index < -0.39 is 11.7 Å². The summed E-state index contributed by atoms with van der Waals surface area (Å²) in [6, 6.07) is 15.3. The molecule has 3 nitrogen and oxygen atoms in total. The van der Waals surface area contributed by atoms with Crippen molar-refractivity contribution in [2.45, 2.75) is 26.6 Å². The van der Waals surface area contributed by atoms with Crippen LogP contribution in [0.4, 0.5) is 13.2 Å². The summed E-state index contributed by atoms with van der Waals surface area (Å²) in [6.45, 7) is 8.15. The molecule has 0 saturated heterocycles. The Kier molecular flexibility index (Phi) is 5.52. The van der Waals surface area contributed by atoms with Crippen LogP contribution in [0, 0.1) is 0 Å². The van der Waals surface area contributed by atoms with E-state index in [0.717, 1.165) is 60.5 Å². The molecule has 0 atom stereocenters. The number of para-hydroxylation sites is 1. The van der Waals surface area contributed by atoms with Crippen molar-refractivity contribution in [2.24, 2.45) is 0 Å². The summed E-state index contributed by atoms with van der Waals surface area (Å²) in [7, 11) is 0. The minimum Gasteiger partial charge on any atom is -0.345 e. The Hall–Kier alpha value is -2.86. The van der Waals surface area contributed by atoms with Crippen LogP contribution >= 0.6 is 0 Å². The van der Waals surface area contributed by atoms with Gasteiger partial charge in [-0.15, -0.1) is 0 Å². The van der Waals surface area contributed by atoms with Gasteiger partial charge in [0.1, 0.15) is 0 Å². The number of benzene rings is 2. The average Bonchev–Trinajstić information content (AvgIpc) is 3.18. The maximum absolute atomic E-state index is 12.9. The van der Waals surface area contributed by atoms with Gasteiger partial charge in [0, 0.05) is 35.8 Å². The first-order chi connectivity index (χ1) is 14.4. The van der Waals surface area contributed by atoms with E-state index in [2.05, 4.69) is 41.6 Å². The smallest absolute Gasteiger partial charge is 0.345 e. The van der Waals surface area contributed by atoms with E-state index in [1.165, 1.54) is 12.1 Å². The van der Waals surface area contributed by atoms with Gasteiger partial charge in [-0.1, -0.05) is 44.2 Å². The van der Waals surface area contributed by atoms with Crippen LogP contribution in [0.1, 0.15) is 19.4 Å². The zero-order valence-electron chi connectivity index (χ0n) is 17.1. The number of hydrogen-bond acceptors (Lipinski definition) is 2. The Morgan fingerprint density at radius 2 is 1.63 bits per heavy atom. The lowest BCUT2D eigenvalue weighted by atomic mass is 10.1. The minimum atomic E-state index is -4.34.